The first-order valence-corrected chi connectivity index (χ1v) is 5.73. The van der Waals surface area contributed by atoms with Gasteiger partial charge in [0.15, 0.2) is 0 Å². The van der Waals surface area contributed by atoms with Crippen LogP contribution in [0.4, 0.5) is 11.5 Å². The Hall–Kier alpha value is -2.07. The van der Waals surface area contributed by atoms with Crippen molar-refractivity contribution in [1.29, 1.82) is 0 Å². The molecule has 5 heteroatoms. The van der Waals surface area contributed by atoms with Gasteiger partial charge >= 0.3 is 0 Å². The Labute approximate surface area is 110 Å². The molecule has 0 spiro atoms. The first-order valence-electron chi connectivity index (χ1n) is 5.36. The molecule has 0 aliphatic heterocycles. The van der Waals surface area contributed by atoms with Crippen molar-refractivity contribution in [2.75, 3.05) is 11.1 Å². The van der Waals surface area contributed by atoms with Gasteiger partial charge in [-0.3, -0.25) is 4.79 Å². The van der Waals surface area contributed by atoms with Gasteiger partial charge in [-0.05, 0) is 30.7 Å². The molecule has 18 heavy (non-hydrogen) atoms. The number of halogens is 1. The molecule has 1 amide bonds. The van der Waals surface area contributed by atoms with Crippen molar-refractivity contribution >= 4 is 29.0 Å². The normalized spacial score (nSPS) is 10.1. The van der Waals surface area contributed by atoms with Crippen LogP contribution in [0.25, 0.3) is 0 Å². The molecule has 1 aromatic carbocycles. The quantitative estimate of drug-likeness (QED) is 0.817. The van der Waals surface area contributed by atoms with Crippen molar-refractivity contribution in [3.63, 3.8) is 0 Å². The molecule has 0 saturated carbocycles. The third-order valence-electron chi connectivity index (χ3n) is 2.43. The zero-order valence-electron chi connectivity index (χ0n) is 9.77. The molecule has 0 atom stereocenters. The number of amides is 1. The molecule has 4 nitrogen and oxygen atoms in total. The van der Waals surface area contributed by atoms with E-state index in [1.54, 1.807) is 30.5 Å². The number of hydrogen-bond donors (Lipinski definition) is 2. The van der Waals surface area contributed by atoms with Gasteiger partial charge in [-0.2, -0.15) is 0 Å². The minimum atomic E-state index is -0.366. The molecule has 0 aliphatic carbocycles. The van der Waals surface area contributed by atoms with Crippen molar-refractivity contribution in [2.24, 2.45) is 0 Å². The summed E-state index contributed by atoms with van der Waals surface area (Å²) in [6.07, 6.45) is 1.67. The van der Waals surface area contributed by atoms with E-state index in [4.69, 9.17) is 17.3 Å². The van der Waals surface area contributed by atoms with E-state index in [1.165, 1.54) is 0 Å². The number of carbonyl (C=O) groups excluding carboxylic acids is 1. The van der Waals surface area contributed by atoms with E-state index in [0.717, 1.165) is 5.56 Å². The highest BCUT2D eigenvalue weighted by Crippen LogP contribution is 2.22. The fraction of sp³-hybridized carbons (Fsp3) is 0.0769. The third-order valence-corrected chi connectivity index (χ3v) is 2.74. The number of aromatic nitrogens is 1. The topological polar surface area (TPSA) is 68.0 Å². The second-order valence-electron chi connectivity index (χ2n) is 3.88. The lowest BCUT2D eigenvalue weighted by Gasteiger charge is -2.08. The SMILES string of the molecule is Cc1ccc(NC(=O)c2c(N)cccc2Cl)nc1. The fourth-order valence-electron chi connectivity index (χ4n) is 1.50. The molecule has 1 heterocycles. The molecule has 0 fully saturated rings. The Bertz CT molecular complexity index is 561. The van der Waals surface area contributed by atoms with E-state index in [9.17, 15) is 4.79 Å². The number of rotatable bonds is 2. The Balaban J connectivity index is 2.25. The maximum Gasteiger partial charge on any atom is 0.260 e. The van der Waals surface area contributed by atoms with Crippen LogP contribution in [-0.4, -0.2) is 10.9 Å². The summed E-state index contributed by atoms with van der Waals surface area (Å²) in [5.41, 5.74) is 7.36. The third kappa shape index (κ3) is 2.60. The molecule has 3 N–H and O–H groups in total. The molecule has 92 valence electrons. The van der Waals surface area contributed by atoms with Gasteiger partial charge in [-0.15, -0.1) is 0 Å². The van der Waals surface area contributed by atoms with Gasteiger partial charge in [-0.1, -0.05) is 23.7 Å². The number of nitrogen functional groups attached to an aromatic ring is 1. The Morgan fingerprint density at radius 1 is 1.33 bits per heavy atom. The zero-order chi connectivity index (χ0) is 13.1. The van der Waals surface area contributed by atoms with Crippen LogP contribution in [0, 0.1) is 6.92 Å². The summed E-state index contributed by atoms with van der Waals surface area (Å²) in [6, 6.07) is 8.52. The molecule has 0 aliphatic rings. The number of anilines is 2. The predicted octanol–water partition coefficient (Wildman–Crippen LogP) is 2.88. The average molecular weight is 262 g/mol. The number of nitrogens with two attached hydrogens (primary N) is 1. The predicted molar refractivity (Wildman–Crippen MR) is 72.8 cm³/mol. The summed E-state index contributed by atoms with van der Waals surface area (Å²) in [5.74, 6) is 0.0966. The lowest BCUT2D eigenvalue weighted by molar-refractivity contribution is 0.102. The molecular weight excluding hydrogens is 250 g/mol. The number of aryl methyl sites for hydroxylation is 1. The summed E-state index contributed by atoms with van der Waals surface area (Å²) < 4.78 is 0. The van der Waals surface area contributed by atoms with Gasteiger partial charge in [0.2, 0.25) is 0 Å². The second-order valence-corrected chi connectivity index (χ2v) is 4.29. The van der Waals surface area contributed by atoms with Crippen LogP contribution in [0.15, 0.2) is 36.5 Å². The van der Waals surface area contributed by atoms with Gasteiger partial charge in [0, 0.05) is 11.9 Å². The van der Waals surface area contributed by atoms with Crippen molar-refractivity contribution in [3.05, 3.63) is 52.7 Å². The maximum absolute atomic E-state index is 12.0. The van der Waals surface area contributed by atoms with Crippen LogP contribution >= 0.6 is 11.6 Å². The smallest absolute Gasteiger partial charge is 0.260 e. The van der Waals surface area contributed by atoms with Crippen molar-refractivity contribution in [1.82, 2.24) is 4.98 Å². The summed E-state index contributed by atoms with van der Waals surface area (Å²) in [4.78, 5) is 16.1. The highest BCUT2D eigenvalue weighted by Gasteiger charge is 2.14. The minimum Gasteiger partial charge on any atom is -0.398 e. The van der Waals surface area contributed by atoms with Crippen LogP contribution in [0.5, 0.6) is 0 Å². The van der Waals surface area contributed by atoms with Crippen LogP contribution in [0.2, 0.25) is 5.02 Å². The molecule has 0 radical (unpaired) electrons. The van der Waals surface area contributed by atoms with E-state index < -0.39 is 0 Å². The molecule has 0 saturated heterocycles. The van der Waals surface area contributed by atoms with E-state index in [2.05, 4.69) is 10.3 Å². The molecule has 0 unspecified atom stereocenters. The molecular formula is C13H12ClN3O. The van der Waals surface area contributed by atoms with E-state index in [-0.39, 0.29) is 11.5 Å². The van der Waals surface area contributed by atoms with Crippen LogP contribution in [0.1, 0.15) is 15.9 Å². The Kier molecular flexibility index (Phi) is 3.48. The summed E-state index contributed by atoms with van der Waals surface area (Å²) in [5, 5.41) is 2.97. The van der Waals surface area contributed by atoms with Crippen molar-refractivity contribution < 1.29 is 4.79 Å². The monoisotopic (exact) mass is 261 g/mol. The van der Waals surface area contributed by atoms with Crippen molar-refractivity contribution in [2.45, 2.75) is 6.92 Å². The fourth-order valence-corrected chi connectivity index (χ4v) is 1.77. The molecule has 2 aromatic rings. The molecule has 2 rings (SSSR count). The average Bonchev–Trinajstić information content (AvgIpc) is 2.32. The zero-order valence-corrected chi connectivity index (χ0v) is 10.5. The number of nitrogens with one attached hydrogen (secondary N) is 1. The molecule has 0 bridgehead atoms. The number of pyridine rings is 1. The largest absolute Gasteiger partial charge is 0.398 e. The van der Waals surface area contributed by atoms with E-state index in [1.807, 2.05) is 13.0 Å². The number of benzene rings is 1. The highest BCUT2D eigenvalue weighted by atomic mass is 35.5. The lowest BCUT2D eigenvalue weighted by Crippen LogP contribution is -2.15. The molecule has 1 aromatic heterocycles. The lowest BCUT2D eigenvalue weighted by atomic mass is 10.1. The number of carbonyl (C=O) groups is 1. The Morgan fingerprint density at radius 3 is 2.72 bits per heavy atom. The minimum absolute atomic E-state index is 0.265. The van der Waals surface area contributed by atoms with Gasteiger partial charge in [0.25, 0.3) is 5.91 Å². The van der Waals surface area contributed by atoms with Gasteiger partial charge in [0.1, 0.15) is 5.82 Å². The van der Waals surface area contributed by atoms with Crippen LogP contribution in [0.3, 0.4) is 0 Å². The summed E-state index contributed by atoms with van der Waals surface area (Å²) >= 11 is 5.95. The van der Waals surface area contributed by atoms with Gasteiger partial charge in [0.05, 0.1) is 10.6 Å². The van der Waals surface area contributed by atoms with Gasteiger partial charge in [-0.25, -0.2) is 4.98 Å². The number of hydrogen-bond acceptors (Lipinski definition) is 3. The summed E-state index contributed by atoms with van der Waals surface area (Å²) in [6.45, 7) is 1.92. The summed E-state index contributed by atoms with van der Waals surface area (Å²) in [7, 11) is 0. The first-order chi connectivity index (χ1) is 8.58. The second kappa shape index (κ2) is 5.06. The number of nitrogens with zero attached hydrogens (tertiary/aromatic N) is 1. The van der Waals surface area contributed by atoms with E-state index >= 15 is 0 Å². The standard InChI is InChI=1S/C13H12ClN3O/c1-8-5-6-11(16-7-8)17-13(18)12-9(14)3-2-4-10(12)15/h2-7H,15H2,1H3,(H,16,17,18). The first kappa shape index (κ1) is 12.4. The van der Waals surface area contributed by atoms with Crippen molar-refractivity contribution in [3.8, 4) is 0 Å². The van der Waals surface area contributed by atoms with Crippen LogP contribution < -0.4 is 11.1 Å². The highest BCUT2D eigenvalue weighted by molar-refractivity contribution is 6.35. The van der Waals surface area contributed by atoms with Crippen LogP contribution in [-0.2, 0) is 0 Å². The van der Waals surface area contributed by atoms with Gasteiger partial charge < -0.3 is 11.1 Å². The van der Waals surface area contributed by atoms with E-state index in [0.29, 0.717) is 16.5 Å². The maximum atomic E-state index is 12.0. The Morgan fingerprint density at radius 2 is 2.11 bits per heavy atom.